The van der Waals surface area contributed by atoms with E-state index in [1.54, 1.807) is 23.1 Å². The van der Waals surface area contributed by atoms with Gasteiger partial charge in [0.15, 0.2) is 16.5 Å². The Kier molecular flexibility index (Phi) is 0.974. The Morgan fingerprint density at radius 1 is 1.23 bits per heavy atom. The summed E-state index contributed by atoms with van der Waals surface area (Å²) in [5, 5.41) is 0.456. The van der Waals surface area contributed by atoms with Gasteiger partial charge in [-0.3, -0.25) is 4.40 Å². The number of carbonyl (C=O) groups is 1. The van der Waals surface area contributed by atoms with Crippen molar-refractivity contribution >= 4 is 11.7 Å². The van der Waals surface area contributed by atoms with E-state index >= 15 is 0 Å². The summed E-state index contributed by atoms with van der Waals surface area (Å²) in [6, 6.07) is -0.515. The number of aromatic nitrogens is 3. The Morgan fingerprint density at radius 2 is 2.15 bits per heavy atom. The maximum absolute atomic E-state index is 10.9. The lowest BCUT2D eigenvalue weighted by Crippen LogP contribution is -2.27. The molecule has 1 aliphatic rings. The first-order valence-corrected chi connectivity index (χ1v) is 3.64. The van der Waals surface area contributed by atoms with Crippen LogP contribution < -0.4 is 10.8 Å². The lowest BCUT2D eigenvalue weighted by molar-refractivity contribution is 0.256. The molecule has 3 rings (SSSR count). The first kappa shape index (κ1) is 6.41. The van der Waals surface area contributed by atoms with E-state index in [4.69, 9.17) is 0 Å². The molecule has 6 heteroatoms. The van der Waals surface area contributed by atoms with Gasteiger partial charge in [-0.05, 0) is 0 Å². The number of urea groups is 1. The van der Waals surface area contributed by atoms with Crippen LogP contribution in [0.25, 0.3) is 5.65 Å². The van der Waals surface area contributed by atoms with Crippen LogP contribution >= 0.6 is 0 Å². The minimum Gasteiger partial charge on any atom is -0.289 e. The summed E-state index contributed by atoms with van der Waals surface area (Å²) in [7, 11) is 0. The molecule has 0 N–H and O–H groups in total. The first-order valence-electron chi connectivity index (χ1n) is 3.64. The fourth-order valence-electron chi connectivity index (χ4n) is 1.26. The monoisotopic (exact) mass is 173 g/mol. The predicted octanol–water partition coefficient (Wildman–Crippen LogP) is -0.898. The average Bonchev–Trinajstić information content (AvgIpc) is 2.65. The van der Waals surface area contributed by atoms with E-state index in [0.717, 1.165) is 0 Å². The lowest BCUT2D eigenvalue weighted by Gasteiger charge is -1.87. The summed E-state index contributed by atoms with van der Waals surface area (Å²) < 4.78 is 1.69. The Bertz CT molecular complexity index is 626. The molecule has 2 amide bonds. The summed E-state index contributed by atoms with van der Waals surface area (Å²) in [4.78, 5) is 26.2. The van der Waals surface area contributed by atoms with Crippen LogP contribution in [-0.2, 0) is 0 Å². The van der Waals surface area contributed by atoms with Crippen LogP contribution in [0.15, 0.2) is 28.7 Å². The van der Waals surface area contributed by atoms with Crippen LogP contribution in [0.1, 0.15) is 0 Å². The van der Waals surface area contributed by atoms with E-state index in [1.165, 1.54) is 0 Å². The van der Waals surface area contributed by atoms with Crippen LogP contribution in [0, 0.1) is 0 Å². The molecular formula is C7H3N5O. The maximum Gasteiger partial charge on any atom is 0.369 e. The molecule has 2 aromatic heterocycles. The van der Waals surface area contributed by atoms with Gasteiger partial charge in [0.25, 0.3) is 0 Å². The van der Waals surface area contributed by atoms with Crippen LogP contribution in [-0.4, -0.2) is 20.4 Å². The summed E-state index contributed by atoms with van der Waals surface area (Å²) >= 11 is 0. The number of rotatable bonds is 0. The molecule has 6 nitrogen and oxygen atoms in total. The van der Waals surface area contributed by atoms with Gasteiger partial charge in [0, 0.05) is 12.4 Å². The number of hydrogen-bond acceptors (Lipinski definition) is 3. The fourth-order valence-corrected chi connectivity index (χ4v) is 1.26. The molecule has 3 heterocycles. The van der Waals surface area contributed by atoms with Gasteiger partial charge in [0.2, 0.25) is 0 Å². The molecule has 0 aromatic carbocycles. The van der Waals surface area contributed by atoms with Crippen molar-refractivity contribution in [3.63, 3.8) is 0 Å². The molecule has 0 saturated carbocycles. The van der Waals surface area contributed by atoms with Crippen molar-refractivity contribution in [2.24, 2.45) is 9.98 Å². The Balaban J connectivity index is 2.69. The summed E-state index contributed by atoms with van der Waals surface area (Å²) in [6.45, 7) is 0. The lowest BCUT2D eigenvalue weighted by atomic mass is 10.5. The van der Waals surface area contributed by atoms with Crippen LogP contribution in [0.4, 0.5) is 4.79 Å². The maximum atomic E-state index is 10.9. The number of imidazole rings is 1. The second kappa shape index (κ2) is 1.98. The second-order valence-electron chi connectivity index (χ2n) is 2.58. The topological polar surface area (TPSA) is 72.0 Å². The Labute approximate surface area is 71.3 Å². The van der Waals surface area contributed by atoms with Gasteiger partial charge in [-0.15, -0.1) is 0 Å². The van der Waals surface area contributed by atoms with Crippen molar-refractivity contribution in [3.05, 3.63) is 29.6 Å². The van der Waals surface area contributed by atoms with E-state index in [9.17, 15) is 4.79 Å². The molecular weight excluding hydrogens is 170 g/mol. The molecule has 0 fully saturated rings. The minimum atomic E-state index is -0.515. The van der Waals surface area contributed by atoms with Gasteiger partial charge in [0.1, 0.15) is 6.33 Å². The highest BCUT2D eigenvalue weighted by Gasteiger charge is 2.09. The third kappa shape index (κ3) is 0.738. The van der Waals surface area contributed by atoms with E-state index in [1.807, 2.05) is 0 Å². The molecule has 0 radical (unpaired) electrons. The fraction of sp³-hybridized carbons (Fsp3) is 0. The highest BCUT2D eigenvalue weighted by atomic mass is 16.2. The Morgan fingerprint density at radius 3 is 3.08 bits per heavy atom. The van der Waals surface area contributed by atoms with Gasteiger partial charge < -0.3 is 0 Å². The third-order valence-electron chi connectivity index (χ3n) is 1.81. The van der Waals surface area contributed by atoms with Crippen LogP contribution in [0.3, 0.4) is 0 Å². The molecule has 2 aromatic rings. The van der Waals surface area contributed by atoms with Crippen molar-refractivity contribution in [1.29, 1.82) is 0 Å². The molecule has 0 atom stereocenters. The SMILES string of the molecule is O=C1N=c2ncn3ccnc3c2=N1. The number of hydrogen-bond donors (Lipinski definition) is 0. The zero-order valence-corrected chi connectivity index (χ0v) is 6.38. The van der Waals surface area contributed by atoms with Gasteiger partial charge in [-0.1, -0.05) is 0 Å². The van der Waals surface area contributed by atoms with Gasteiger partial charge in [-0.25, -0.2) is 14.8 Å². The predicted molar refractivity (Wildman–Crippen MR) is 40.7 cm³/mol. The van der Waals surface area contributed by atoms with Gasteiger partial charge >= 0.3 is 6.03 Å². The normalized spacial score (nSPS) is 14.0. The smallest absolute Gasteiger partial charge is 0.289 e. The number of amides is 2. The number of fused-ring (bicyclic) bond motifs is 3. The van der Waals surface area contributed by atoms with E-state index in [-0.39, 0.29) is 0 Å². The molecule has 1 aliphatic heterocycles. The quantitative estimate of drug-likeness (QED) is 0.518. The second-order valence-corrected chi connectivity index (χ2v) is 2.58. The molecule has 13 heavy (non-hydrogen) atoms. The third-order valence-corrected chi connectivity index (χ3v) is 1.81. The molecule has 0 bridgehead atoms. The standard InChI is InChI=1S/C7H3N5O/c13-7-10-4-5(11-7)9-3-12-2-1-8-6(4)12/h1-3H. The molecule has 0 saturated heterocycles. The van der Waals surface area contributed by atoms with E-state index in [2.05, 4.69) is 20.0 Å². The summed E-state index contributed by atoms with van der Waals surface area (Å²) in [5.74, 6) is 0. The highest BCUT2D eigenvalue weighted by molar-refractivity contribution is 5.78. The van der Waals surface area contributed by atoms with Gasteiger partial charge in [0.05, 0.1) is 0 Å². The zero-order valence-electron chi connectivity index (χ0n) is 6.38. The molecule has 0 spiro atoms. The summed E-state index contributed by atoms with van der Waals surface area (Å²) in [5.41, 5.74) is 0.961. The molecule has 0 unspecified atom stereocenters. The first-order chi connectivity index (χ1) is 6.34. The summed E-state index contributed by atoms with van der Waals surface area (Å²) in [6.07, 6.45) is 4.91. The largest absolute Gasteiger partial charge is 0.369 e. The van der Waals surface area contributed by atoms with Crippen molar-refractivity contribution < 1.29 is 4.79 Å². The van der Waals surface area contributed by atoms with Gasteiger partial charge in [-0.2, -0.15) is 9.98 Å². The van der Waals surface area contributed by atoms with Crippen molar-refractivity contribution in [2.75, 3.05) is 0 Å². The van der Waals surface area contributed by atoms with Crippen LogP contribution in [0.5, 0.6) is 0 Å². The minimum absolute atomic E-state index is 0.351. The number of nitrogens with zero attached hydrogens (tertiary/aromatic N) is 5. The average molecular weight is 173 g/mol. The molecule has 62 valence electrons. The molecule has 0 aliphatic carbocycles. The van der Waals surface area contributed by atoms with E-state index < -0.39 is 6.03 Å². The highest BCUT2D eigenvalue weighted by Crippen LogP contribution is 1.91. The Hall–Kier alpha value is -2.11. The van der Waals surface area contributed by atoms with E-state index in [0.29, 0.717) is 16.5 Å². The van der Waals surface area contributed by atoms with Crippen molar-refractivity contribution in [2.45, 2.75) is 0 Å². The number of carbonyl (C=O) groups excluding carboxylic acids is 1. The van der Waals surface area contributed by atoms with Crippen LogP contribution in [0.2, 0.25) is 0 Å². The zero-order chi connectivity index (χ0) is 8.84. The van der Waals surface area contributed by atoms with Crippen molar-refractivity contribution in [3.8, 4) is 0 Å². The van der Waals surface area contributed by atoms with Crippen molar-refractivity contribution in [1.82, 2.24) is 14.4 Å².